The van der Waals surface area contributed by atoms with Crippen molar-refractivity contribution in [3.8, 4) is 0 Å². The second-order valence-corrected chi connectivity index (χ2v) is 6.11. The number of carboxylic acids is 1. The van der Waals surface area contributed by atoms with Crippen molar-refractivity contribution < 1.29 is 19.8 Å². The molecule has 6 heteroatoms. The van der Waals surface area contributed by atoms with Gasteiger partial charge in [0.05, 0.1) is 12.0 Å². The molecule has 20 heavy (non-hydrogen) atoms. The quantitative estimate of drug-likeness (QED) is 0.592. The smallest absolute Gasteiger partial charge is 0.315 e. The highest BCUT2D eigenvalue weighted by Gasteiger charge is 2.33. The lowest BCUT2D eigenvalue weighted by molar-refractivity contribution is -0.141. The molecule has 1 aliphatic rings. The number of carboxylic acid groups (broad SMARTS) is 1. The number of hydrogen-bond donors (Lipinski definition) is 4. The molecule has 6 nitrogen and oxygen atoms in total. The molecular weight excluding hydrogens is 260 g/mol. The SMILES string of the molecule is CCC1CCC(NC(=O)NCC(C)(O)CC(=O)O)C1C. The molecule has 0 bridgehead atoms. The van der Waals surface area contributed by atoms with Crippen LogP contribution in [-0.4, -0.2) is 40.4 Å². The minimum atomic E-state index is -1.43. The molecule has 0 saturated heterocycles. The molecule has 0 spiro atoms. The molecular formula is C14H26N2O4. The normalized spacial score (nSPS) is 28.7. The van der Waals surface area contributed by atoms with Crippen LogP contribution >= 0.6 is 0 Å². The summed E-state index contributed by atoms with van der Waals surface area (Å²) in [5.74, 6) is 0.00751. The Bertz CT molecular complexity index is 357. The summed E-state index contributed by atoms with van der Waals surface area (Å²) in [6.45, 7) is 5.62. The highest BCUT2D eigenvalue weighted by Crippen LogP contribution is 2.33. The van der Waals surface area contributed by atoms with Crippen LogP contribution in [0.5, 0.6) is 0 Å². The van der Waals surface area contributed by atoms with E-state index in [-0.39, 0.29) is 18.6 Å². The van der Waals surface area contributed by atoms with Crippen LogP contribution in [0.15, 0.2) is 0 Å². The first-order valence-electron chi connectivity index (χ1n) is 7.23. The molecule has 0 radical (unpaired) electrons. The summed E-state index contributed by atoms with van der Waals surface area (Å²) in [5, 5.41) is 23.9. The Kier molecular flexibility index (Phi) is 5.80. The average molecular weight is 286 g/mol. The van der Waals surface area contributed by atoms with E-state index in [4.69, 9.17) is 5.11 Å². The molecule has 1 fully saturated rings. The second-order valence-electron chi connectivity index (χ2n) is 6.11. The van der Waals surface area contributed by atoms with Crippen LogP contribution < -0.4 is 10.6 Å². The molecule has 1 saturated carbocycles. The van der Waals surface area contributed by atoms with Crippen molar-refractivity contribution in [3.63, 3.8) is 0 Å². The lowest BCUT2D eigenvalue weighted by atomic mass is 9.93. The zero-order valence-corrected chi connectivity index (χ0v) is 12.5. The van der Waals surface area contributed by atoms with Gasteiger partial charge in [-0.2, -0.15) is 0 Å². The summed E-state index contributed by atoms with van der Waals surface area (Å²) in [4.78, 5) is 22.4. The van der Waals surface area contributed by atoms with Gasteiger partial charge in [-0.3, -0.25) is 4.79 Å². The van der Waals surface area contributed by atoms with Gasteiger partial charge in [-0.1, -0.05) is 20.3 Å². The summed E-state index contributed by atoms with van der Waals surface area (Å²) in [6.07, 6.45) is 2.82. The molecule has 4 unspecified atom stereocenters. The number of nitrogens with one attached hydrogen (secondary N) is 2. The molecule has 0 heterocycles. The van der Waals surface area contributed by atoms with Gasteiger partial charge in [-0.25, -0.2) is 4.79 Å². The van der Waals surface area contributed by atoms with E-state index in [9.17, 15) is 14.7 Å². The fraction of sp³-hybridized carbons (Fsp3) is 0.857. The Hall–Kier alpha value is -1.30. The largest absolute Gasteiger partial charge is 0.481 e. The van der Waals surface area contributed by atoms with Crippen molar-refractivity contribution in [1.82, 2.24) is 10.6 Å². The highest BCUT2D eigenvalue weighted by molar-refractivity contribution is 5.74. The second kappa shape index (κ2) is 6.92. The Morgan fingerprint density at radius 2 is 2.00 bits per heavy atom. The Morgan fingerprint density at radius 3 is 2.50 bits per heavy atom. The zero-order valence-electron chi connectivity index (χ0n) is 12.5. The first-order chi connectivity index (χ1) is 9.25. The summed E-state index contributed by atoms with van der Waals surface area (Å²) >= 11 is 0. The van der Waals surface area contributed by atoms with Gasteiger partial charge in [0, 0.05) is 12.6 Å². The zero-order chi connectivity index (χ0) is 15.3. The van der Waals surface area contributed by atoms with Crippen LogP contribution in [0.1, 0.15) is 46.5 Å². The number of aliphatic hydroxyl groups is 1. The predicted octanol–water partition coefficient (Wildman–Crippen LogP) is 1.34. The van der Waals surface area contributed by atoms with Gasteiger partial charge in [0.1, 0.15) is 0 Å². The third kappa shape index (κ3) is 5.00. The van der Waals surface area contributed by atoms with Crippen molar-refractivity contribution in [2.24, 2.45) is 11.8 Å². The molecule has 1 aliphatic carbocycles. The van der Waals surface area contributed by atoms with Crippen LogP contribution in [0, 0.1) is 11.8 Å². The van der Waals surface area contributed by atoms with E-state index in [1.807, 2.05) is 0 Å². The van der Waals surface area contributed by atoms with Crippen molar-refractivity contribution in [1.29, 1.82) is 0 Å². The molecule has 116 valence electrons. The van der Waals surface area contributed by atoms with E-state index in [0.29, 0.717) is 11.8 Å². The summed E-state index contributed by atoms with van der Waals surface area (Å²) in [6, 6.07) is -0.186. The predicted molar refractivity (Wildman–Crippen MR) is 75.4 cm³/mol. The minimum absolute atomic E-state index is 0.0799. The molecule has 0 aromatic carbocycles. The molecule has 4 atom stereocenters. The number of urea groups is 1. The maximum atomic E-state index is 11.8. The standard InChI is InChI=1S/C14H26N2O4/c1-4-10-5-6-11(9(10)2)16-13(19)15-8-14(3,20)7-12(17)18/h9-11,20H,4-8H2,1-3H3,(H,17,18)(H2,15,16,19). The number of carbonyl (C=O) groups is 2. The summed E-state index contributed by atoms with van der Waals surface area (Å²) < 4.78 is 0. The Balaban J connectivity index is 2.36. The van der Waals surface area contributed by atoms with Crippen LogP contribution in [0.4, 0.5) is 4.79 Å². The lowest BCUT2D eigenvalue weighted by Crippen LogP contribution is -2.49. The van der Waals surface area contributed by atoms with Gasteiger partial charge in [0.25, 0.3) is 0 Å². The van der Waals surface area contributed by atoms with E-state index in [0.717, 1.165) is 19.3 Å². The fourth-order valence-corrected chi connectivity index (χ4v) is 2.91. The van der Waals surface area contributed by atoms with E-state index < -0.39 is 18.0 Å². The molecule has 4 N–H and O–H groups in total. The van der Waals surface area contributed by atoms with Gasteiger partial charge in [0.2, 0.25) is 0 Å². The molecule has 0 aromatic rings. The fourth-order valence-electron chi connectivity index (χ4n) is 2.91. The number of hydrogen-bond acceptors (Lipinski definition) is 3. The molecule has 0 aromatic heterocycles. The van der Waals surface area contributed by atoms with Gasteiger partial charge in [0.15, 0.2) is 0 Å². The third-order valence-corrected chi connectivity index (χ3v) is 4.23. The topological polar surface area (TPSA) is 98.7 Å². The Morgan fingerprint density at radius 1 is 1.35 bits per heavy atom. The molecule has 1 rings (SSSR count). The van der Waals surface area contributed by atoms with Gasteiger partial charge in [-0.15, -0.1) is 0 Å². The number of amides is 2. The van der Waals surface area contributed by atoms with E-state index >= 15 is 0 Å². The van der Waals surface area contributed by atoms with Gasteiger partial charge in [-0.05, 0) is 31.6 Å². The van der Waals surface area contributed by atoms with Gasteiger partial charge < -0.3 is 20.8 Å². The summed E-state index contributed by atoms with van der Waals surface area (Å²) in [5.41, 5.74) is -1.43. The maximum absolute atomic E-state index is 11.8. The first kappa shape index (κ1) is 16.8. The minimum Gasteiger partial charge on any atom is -0.481 e. The first-order valence-corrected chi connectivity index (χ1v) is 7.23. The van der Waals surface area contributed by atoms with Crippen molar-refractivity contribution in [2.75, 3.05) is 6.54 Å². The van der Waals surface area contributed by atoms with Crippen molar-refractivity contribution >= 4 is 12.0 Å². The highest BCUT2D eigenvalue weighted by atomic mass is 16.4. The number of carbonyl (C=O) groups excluding carboxylic acids is 1. The number of rotatable bonds is 6. The van der Waals surface area contributed by atoms with Crippen molar-refractivity contribution in [3.05, 3.63) is 0 Å². The third-order valence-electron chi connectivity index (χ3n) is 4.23. The van der Waals surface area contributed by atoms with E-state index in [2.05, 4.69) is 24.5 Å². The summed E-state index contributed by atoms with van der Waals surface area (Å²) in [7, 11) is 0. The van der Waals surface area contributed by atoms with Crippen LogP contribution in [0.2, 0.25) is 0 Å². The average Bonchev–Trinajstić information content (AvgIpc) is 2.67. The lowest BCUT2D eigenvalue weighted by Gasteiger charge is -2.24. The van der Waals surface area contributed by atoms with Crippen molar-refractivity contribution in [2.45, 2.75) is 58.1 Å². The molecule has 2 amide bonds. The number of aliphatic carboxylic acids is 1. The van der Waals surface area contributed by atoms with E-state index in [1.165, 1.54) is 6.92 Å². The van der Waals surface area contributed by atoms with Gasteiger partial charge >= 0.3 is 12.0 Å². The monoisotopic (exact) mass is 286 g/mol. The van der Waals surface area contributed by atoms with Crippen LogP contribution in [0.3, 0.4) is 0 Å². The maximum Gasteiger partial charge on any atom is 0.315 e. The van der Waals surface area contributed by atoms with Crippen LogP contribution in [-0.2, 0) is 4.79 Å². The van der Waals surface area contributed by atoms with Crippen LogP contribution in [0.25, 0.3) is 0 Å². The molecule has 0 aliphatic heterocycles. The Labute approximate surface area is 119 Å². The van der Waals surface area contributed by atoms with E-state index in [1.54, 1.807) is 0 Å².